The van der Waals surface area contributed by atoms with E-state index in [4.69, 9.17) is 4.52 Å². The molecule has 1 amide bonds. The van der Waals surface area contributed by atoms with Crippen LogP contribution in [0.15, 0.2) is 10.6 Å². The summed E-state index contributed by atoms with van der Waals surface area (Å²) in [7, 11) is 0. The van der Waals surface area contributed by atoms with Gasteiger partial charge in [0.15, 0.2) is 0 Å². The molecule has 100 valence electrons. The van der Waals surface area contributed by atoms with Crippen molar-refractivity contribution in [3.63, 3.8) is 0 Å². The molecular formula is C14H22N2O2. The lowest BCUT2D eigenvalue weighted by atomic mass is 9.83. The maximum absolute atomic E-state index is 12.1. The summed E-state index contributed by atoms with van der Waals surface area (Å²) in [6.45, 7) is 6.17. The van der Waals surface area contributed by atoms with Crippen molar-refractivity contribution in [2.24, 2.45) is 0 Å². The number of hydrogen-bond acceptors (Lipinski definition) is 3. The molecule has 4 nitrogen and oxygen atoms in total. The van der Waals surface area contributed by atoms with Gasteiger partial charge in [-0.15, -0.1) is 0 Å². The third-order valence-electron chi connectivity index (χ3n) is 3.72. The minimum Gasteiger partial charge on any atom is -0.351 e. The third kappa shape index (κ3) is 2.92. The average molecular weight is 250 g/mol. The molecule has 0 spiro atoms. The van der Waals surface area contributed by atoms with Crippen molar-refractivity contribution in [2.75, 3.05) is 0 Å². The predicted octanol–water partition coefficient (Wildman–Crippen LogP) is 3.25. The van der Waals surface area contributed by atoms with Crippen LogP contribution in [0.3, 0.4) is 0 Å². The molecule has 1 aliphatic rings. The smallest absolute Gasteiger partial charge is 0.290 e. The minimum absolute atomic E-state index is 0.0832. The number of nitrogens with one attached hydrogen (secondary N) is 1. The predicted molar refractivity (Wildman–Crippen MR) is 69.5 cm³/mol. The van der Waals surface area contributed by atoms with E-state index in [2.05, 4.69) is 17.4 Å². The second-order valence-corrected chi connectivity index (χ2v) is 5.85. The third-order valence-corrected chi connectivity index (χ3v) is 3.72. The van der Waals surface area contributed by atoms with Crippen LogP contribution < -0.4 is 5.32 Å². The quantitative estimate of drug-likeness (QED) is 0.895. The number of carbonyl (C=O) groups is 1. The largest absolute Gasteiger partial charge is 0.351 e. The maximum Gasteiger partial charge on any atom is 0.290 e. The Morgan fingerprint density at radius 3 is 2.61 bits per heavy atom. The molecular weight excluding hydrogens is 228 g/mol. The molecule has 0 unspecified atom stereocenters. The molecule has 1 aromatic rings. The Morgan fingerprint density at radius 2 is 2.06 bits per heavy atom. The Bertz CT molecular complexity index is 417. The Balaban J connectivity index is 2.02. The fourth-order valence-corrected chi connectivity index (χ4v) is 2.46. The highest BCUT2D eigenvalue weighted by atomic mass is 16.5. The first-order valence-corrected chi connectivity index (χ1v) is 6.79. The summed E-state index contributed by atoms with van der Waals surface area (Å²) < 4.78 is 5.11. The summed E-state index contributed by atoms with van der Waals surface area (Å²) >= 11 is 0. The molecule has 1 fully saturated rings. The van der Waals surface area contributed by atoms with Crippen LogP contribution in [-0.2, 0) is 0 Å². The molecule has 4 heteroatoms. The van der Waals surface area contributed by atoms with Crippen molar-refractivity contribution >= 4 is 5.91 Å². The van der Waals surface area contributed by atoms with E-state index >= 15 is 0 Å². The second kappa shape index (κ2) is 5.12. The second-order valence-electron chi connectivity index (χ2n) is 5.85. The molecule has 1 N–H and O–H groups in total. The number of amides is 1. The van der Waals surface area contributed by atoms with Gasteiger partial charge < -0.3 is 9.84 Å². The molecule has 0 radical (unpaired) electrons. The van der Waals surface area contributed by atoms with E-state index in [1.165, 1.54) is 19.3 Å². The number of rotatable bonds is 3. The molecule has 1 saturated carbocycles. The zero-order chi connectivity index (χ0) is 13.2. The van der Waals surface area contributed by atoms with E-state index in [9.17, 15) is 4.79 Å². The van der Waals surface area contributed by atoms with Gasteiger partial charge in [0.2, 0.25) is 5.76 Å². The number of aromatic nitrogens is 1. The molecule has 2 rings (SSSR count). The van der Waals surface area contributed by atoms with Crippen LogP contribution in [0.5, 0.6) is 0 Å². The van der Waals surface area contributed by atoms with Crippen molar-refractivity contribution in [3.8, 4) is 0 Å². The summed E-state index contributed by atoms with van der Waals surface area (Å²) in [5.41, 5.74) is 0.745. The van der Waals surface area contributed by atoms with E-state index in [0.29, 0.717) is 5.76 Å². The molecule has 0 atom stereocenters. The first kappa shape index (κ1) is 13.1. The fourth-order valence-electron chi connectivity index (χ4n) is 2.46. The van der Waals surface area contributed by atoms with Crippen LogP contribution in [-0.4, -0.2) is 16.6 Å². The lowest BCUT2D eigenvalue weighted by Gasteiger charge is -2.34. The molecule has 0 aromatic carbocycles. The summed E-state index contributed by atoms with van der Waals surface area (Å²) in [5, 5.41) is 7.01. The zero-order valence-corrected chi connectivity index (χ0v) is 11.5. The molecule has 1 aliphatic carbocycles. The Morgan fingerprint density at radius 1 is 1.39 bits per heavy atom. The van der Waals surface area contributed by atoms with Crippen LogP contribution >= 0.6 is 0 Å². The van der Waals surface area contributed by atoms with Gasteiger partial charge in [-0.1, -0.05) is 38.3 Å². The molecule has 1 heterocycles. The van der Waals surface area contributed by atoms with Crippen LogP contribution in [0.4, 0.5) is 0 Å². The Kier molecular flexibility index (Phi) is 3.73. The maximum atomic E-state index is 12.1. The molecule has 1 aromatic heterocycles. The van der Waals surface area contributed by atoms with E-state index in [1.54, 1.807) is 6.07 Å². The number of hydrogen-bond donors (Lipinski definition) is 1. The monoisotopic (exact) mass is 250 g/mol. The summed E-state index contributed by atoms with van der Waals surface area (Å²) in [6.07, 6.45) is 5.73. The van der Waals surface area contributed by atoms with Gasteiger partial charge in [-0.2, -0.15) is 0 Å². The van der Waals surface area contributed by atoms with Gasteiger partial charge in [0.1, 0.15) is 0 Å². The SMILES string of the molecule is CC(C)c1cc(C(=O)NC2(C)CCCCC2)on1. The van der Waals surface area contributed by atoms with Crippen molar-refractivity contribution < 1.29 is 9.32 Å². The highest BCUT2D eigenvalue weighted by molar-refractivity contribution is 5.91. The van der Waals surface area contributed by atoms with Crippen molar-refractivity contribution in [1.82, 2.24) is 10.5 Å². The topological polar surface area (TPSA) is 55.1 Å². The van der Waals surface area contributed by atoms with Gasteiger partial charge in [-0.3, -0.25) is 4.79 Å². The van der Waals surface area contributed by atoms with Gasteiger partial charge in [0, 0.05) is 11.6 Å². The summed E-state index contributed by atoms with van der Waals surface area (Å²) in [6, 6.07) is 1.74. The van der Waals surface area contributed by atoms with Gasteiger partial charge in [-0.05, 0) is 25.7 Å². The van der Waals surface area contributed by atoms with Crippen molar-refractivity contribution in [2.45, 2.75) is 64.3 Å². The lowest BCUT2D eigenvalue weighted by molar-refractivity contribution is 0.0844. The standard InChI is InChI=1S/C14H22N2O2/c1-10(2)11-9-12(18-16-11)13(17)15-14(3)7-5-4-6-8-14/h9-10H,4-8H2,1-3H3,(H,15,17). The summed E-state index contributed by atoms with van der Waals surface area (Å²) in [5.74, 6) is 0.463. The lowest BCUT2D eigenvalue weighted by Crippen LogP contribution is -2.47. The van der Waals surface area contributed by atoms with E-state index in [-0.39, 0.29) is 17.4 Å². The van der Waals surface area contributed by atoms with Crippen LogP contribution in [0.1, 0.15) is 75.0 Å². The van der Waals surface area contributed by atoms with Gasteiger partial charge in [0.05, 0.1) is 5.69 Å². The fraction of sp³-hybridized carbons (Fsp3) is 0.714. The van der Waals surface area contributed by atoms with Gasteiger partial charge in [0.25, 0.3) is 5.91 Å². The Labute approximate surface area is 108 Å². The van der Waals surface area contributed by atoms with E-state index in [0.717, 1.165) is 18.5 Å². The van der Waals surface area contributed by atoms with E-state index in [1.807, 2.05) is 13.8 Å². The molecule has 0 saturated heterocycles. The first-order chi connectivity index (χ1) is 8.50. The number of nitrogens with zero attached hydrogens (tertiary/aromatic N) is 1. The Hall–Kier alpha value is -1.32. The molecule has 0 aliphatic heterocycles. The van der Waals surface area contributed by atoms with Crippen molar-refractivity contribution in [3.05, 3.63) is 17.5 Å². The van der Waals surface area contributed by atoms with Crippen LogP contribution in [0.25, 0.3) is 0 Å². The van der Waals surface area contributed by atoms with Crippen LogP contribution in [0, 0.1) is 0 Å². The van der Waals surface area contributed by atoms with Gasteiger partial charge in [-0.25, -0.2) is 0 Å². The highest BCUT2D eigenvalue weighted by Gasteiger charge is 2.30. The van der Waals surface area contributed by atoms with E-state index < -0.39 is 0 Å². The van der Waals surface area contributed by atoms with Crippen LogP contribution in [0.2, 0.25) is 0 Å². The zero-order valence-electron chi connectivity index (χ0n) is 11.5. The minimum atomic E-state index is -0.140. The summed E-state index contributed by atoms with van der Waals surface area (Å²) in [4.78, 5) is 12.1. The van der Waals surface area contributed by atoms with Gasteiger partial charge >= 0.3 is 0 Å². The highest BCUT2D eigenvalue weighted by Crippen LogP contribution is 2.28. The molecule has 18 heavy (non-hydrogen) atoms. The first-order valence-electron chi connectivity index (χ1n) is 6.79. The average Bonchev–Trinajstić information content (AvgIpc) is 2.78. The number of carbonyl (C=O) groups excluding carboxylic acids is 1. The molecule has 0 bridgehead atoms. The normalized spacial score (nSPS) is 18.9. The van der Waals surface area contributed by atoms with Crippen molar-refractivity contribution in [1.29, 1.82) is 0 Å².